The molecule has 6 nitrogen and oxygen atoms in total. The molecule has 1 amide bonds. The minimum Gasteiger partial charge on any atom is -0.330 e. The number of carbonyl (C=O) groups excluding carboxylic acids is 1. The van der Waals surface area contributed by atoms with Gasteiger partial charge in [-0.15, -0.1) is 0 Å². The van der Waals surface area contributed by atoms with Gasteiger partial charge in [0.1, 0.15) is 0 Å². The number of carbonyl (C=O) groups is 1. The Morgan fingerprint density at radius 2 is 2.25 bits per heavy atom. The van der Waals surface area contributed by atoms with E-state index in [4.69, 9.17) is 5.73 Å². The molecular formula is C14H15N5O. The van der Waals surface area contributed by atoms with E-state index >= 15 is 0 Å². The van der Waals surface area contributed by atoms with Crippen molar-refractivity contribution in [3.8, 4) is 11.3 Å². The van der Waals surface area contributed by atoms with Crippen LogP contribution in [-0.2, 0) is 4.79 Å². The molecule has 102 valence electrons. The summed E-state index contributed by atoms with van der Waals surface area (Å²) in [5.41, 5.74) is 7.29. The van der Waals surface area contributed by atoms with Gasteiger partial charge in [0.2, 0.25) is 11.9 Å². The second-order valence-corrected chi connectivity index (χ2v) is 4.79. The van der Waals surface area contributed by atoms with Crippen LogP contribution in [0.25, 0.3) is 11.3 Å². The number of pyridine rings is 1. The fourth-order valence-corrected chi connectivity index (χ4v) is 2.29. The van der Waals surface area contributed by atoms with Crippen molar-refractivity contribution in [1.29, 1.82) is 0 Å². The monoisotopic (exact) mass is 269 g/mol. The number of rotatable bonds is 3. The molecule has 20 heavy (non-hydrogen) atoms. The summed E-state index contributed by atoms with van der Waals surface area (Å²) in [5, 5.41) is 0. The van der Waals surface area contributed by atoms with Gasteiger partial charge in [-0.25, -0.2) is 9.97 Å². The Kier molecular flexibility index (Phi) is 3.39. The first-order valence-corrected chi connectivity index (χ1v) is 6.52. The van der Waals surface area contributed by atoms with E-state index in [1.165, 1.54) is 0 Å². The maximum atomic E-state index is 12.0. The molecule has 1 aliphatic rings. The highest BCUT2D eigenvalue weighted by atomic mass is 16.2. The molecule has 1 aliphatic heterocycles. The summed E-state index contributed by atoms with van der Waals surface area (Å²) in [6, 6.07) is 5.58. The lowest BCUT2D eigenvalue weighted by atomic mass is 10.1. The molecule has 2 N–H and O–H groups in total. The van der Waals surface area contributed by atoms with Gasteiger partial charge in [0.25, 0.3) is 0 Å². The van der Waals surface area contributed by atoms with Crippen LogP contribution in [0.2, 0.25) is 0 Å². The van der Waals surface area contributed by atoms with Crippen molar-refractivity contribution in [1.82, 2.24) is 15.0 Å². The van der Waals surface area contributed by atoms with Crippen molar-refractivity contribution in [2.24, 2.45) is 11.7 Å². The fourth-order valence-electron chi connectivity index (χ4n) is 2.29. The van der Waals surface area contributed by atoms with Crippen molar-refractivity contribution in [2.45, 2.75) is 6.42 Å². The van der Waals surface area contributed by atoms with Gasteiger partial charge in [-0.1, -0.05) is 0 Å². The lowest BCUT2D eigenvalue weighted by Crippen LogP contribution is -2.27. The lowest BCUT2D eigenvalue weighted by Gasteiger charge is -2.14. The number of aromatic nitrogens is 3. The normalized spacial score (nSPS) is 18.6. The average Bonchev–Trinajstić information content (AvgIpc) is 2.89. The van der Waals surface area contributed by atoms with Crippen molar-refractivity contribution in [3.63, 3.8) is 0 Å². The quantitative estimate of drug-likeness (QED) is 0.892. The highest BCUT2D eigenvalue weighted by Crippen LogP contribution is 2.23. The number of amides is 1. The molecule has 0 spiro atoms. The van der Waals surface area contributed by atoms with Gasteiger partial charge >= 0.3 is 0 Å². The van der Waals surface area contributed by atoms with E-state index in [0.29, 0.717) is 25.5 Å². The predicted octanol–water partition coefficient (Wildman–Crippen LogP) is 0.850. The van der Waals surface area contributed by atoms with Gasteiger partial charge in [0.15, 0.2) is 0 Å². The third kappa shape index (κ3) is 2.37. The molecule has 1 atom stereocenters. The highest BCUT2D eigenvalue weighted by molar-refractivity contribution is 5.94. The standard InChI is InChI=1S/C14H15N5O/c15-7-10-6-13(20)19(9-10)14-17-5-3-12(18-14)11-2-1-4-16-8-11/h1-5,8,10H,6-7,9,15H2. The Morgan fingerprint density at radius 3 is 2.95 bits per heavy atom. The van der Waals surface area contributed by atoms with Crippen molar-refractivity contribution >= 4 is 11.9 Å². The van der Waals surface area contributed by atoms with E-state index in [1.54, 1.807) is 23.5 Å². The summed E-state index contributed by atoms with van der Waals surface area (Å²) >= 11 is 0. The van der Waals surface area contributed by atoms with Crippen molar-refractivity contribution < 1.29 is 4.79 Å². The maximum Gasteiger partial charge on any atom is 0.232 e. The zero-order valence-electron chi connectivity index (χ0n) is 10.9. The van der Waals surface area contributed by atoms with E-state index in [1.807, 2.05) is 18.2 Å². The van der Waals surface area contributed by atoms with E-state index < -0.39 is 0 Å². The smallest absolute Gasteiger partial charge is 0.232 e. The first kappa shape index (κ1) is 12.7. The third-order valence-corrected chi connectivity index (χ3v) is 3.38. The zero-order valence-corrected chi connectivity index (χ0v) is 10.9. The van der Waals surface area contributed by atoms with E-state index in [2.05, 4.69) is 15.0 Å². The van der Waals surface area contributed by atoms with Crippen LogP contribution in [0.5, 0.6) is 0 Å². The number of hydrogen-bond donors (Lipinski definition) is 1. The van der Waals surface area contributed by atoms with Crippen LogP contribution in [-0.4, -0.2) is 33.9 Å². The van der Waals surface area contributed by atoms with Gasteiger partial charge in [0, 0.05) is 37.1 Å². The SMILES string of the molecule is NCC1CC(=O)N(c2nccc(-c3cccnc3)n2)C1. The Hall–Kier alpha value is -2.34. The fraction of sp³-hybridized carbons (Fsp3) is 0.286. The summed E-state index contributed by atoms with van der Waals surface area (Å²) in [6.07, 6.45) is 5.58. The van der Waals surface area contributed by atoms with Gasteiger partial charge in [0.05, 0.1) is 5.69 Å². The molecule has 6 heteroatoms. The molecular weight excluding hydrogens is 254 g/mol. The molecule has 0 bridgehead atoms. The Morgan fingerprint density at radius 1 is 1.35 bits per heavy atom. The molecule has 1 fully saturated rings. The summed E-state index contributed by atoms with van der Waals surface area (Å²) in [6.45, 7) is 1.09. The van der Waals surface area contributed by atoms with E-state index in [9.17, 15) is 4.79 Å². The summed E-state index contributed by atoms with van der Waals surface area (Å²) in [7, 11) is 0. The molecule has 2 aromatic heterocycles. The van der Waals surface area contributed by atoms with Crippen molar-refractivity contribution in [2.75, 3.05) is 18.0 Å². The minimum absolute atomic E-state index is 0.0313. The molecule has 1 saturated heterocycles. The largest absolute Gasteiger partial charge is 0.330 e. The molecule has 3 rings (SSSR count). The number of nitrogens with zero attached hydrogens (tertiary/aromatic N) is 4. The number of nitrogens with two attached hydrogens (primary N) is 1. The molecule has 1 unspecified atom stereocenters. The van der Waals surface area contributed by atoms with Gasteiger partial charge in [-0.2, -0.15) is 0 Å². The average molecular weight is 269 g/mol. The van der Waals surface area contributed by atoms with Gasteiger partial charge in [-0.05, 0) is 30.7 Å². The second kappa shape index (κ2) is 5.34. The lowest BCUT2D eigenvalue weighted by molar-refractivity contribution is -0.117. The third-order valence-electron chi connectivity index (χ3n) is 3.38. The van der Waals surface area contributed by atoms with Crippen LogP contribution in [0, 0.1) is 5.92 Å². The molecule has 0 aliphatic carbocycles. The highest BCUT2D eigenvalue weighted by Gasteiger charge is 2.31. The van der Waals surface area contributed by atoms with Crippen molar-refractivity contribution in [3.05, 3.63) is 36.8 Å². The zero-order chi connectivity index (χ0) is 13.9. The van der Waals surface area contributed by atoms with Gasteiger partial charge in [-0.3, -0.25) is 14.7 Å². The van der Waals surface area contributed by atoms with E-state index in [0.717, 1.165) is 11.3 Å². The molecule has 0 radical (unpaired) electrons. The number of anilines is 1. The van der Waals surface area contributed by atoms with Crippen LogP contribution in [0.4, 0.5) is 5.95 Å². The Labute approximate surface area is 116 Å². The van der Waals surface area contributed by atoms with Crippen LogP contribution in [0.1, 0.15) is 6.42 Å². The second-order valence-electron chi connectivity index (χ2n) is 4.79. The summed E-state index contributed by atoms with van der Waals surface area (Å²) in [4.78, 5) is 26.3. The van der Waals surface area contributed by atoms with Crippen LogP contribution < -0.4 is 10.6 Å². The van der Waals surface area contributed by atoms with Crippen LogP contribution >= 0.6 is 0 Å². The minimum atomic E-state index is 0.0313. The maximum absolute atomic E-state index is 12.0. The Bertz CT molecular complexity index is 616. The molecule has 0 saturated carbocycles. The summed E-state index contributed by atoms with van der Waals surface area (Å²) in [5.74, 6) is 0.657. The predicted molar refractivity (Wildman–Crippen MR) is 74.8 cm³/mol. The van der Waals surface area contributed by atoms with Gasteiger partial charge < -0.3 is 5.73 Å². The Balaban J connectivity index is 1.91. The van der Waals surface area contributed by atoms with Crippen LogP contribution in [0.3, 0.4) is 0 Å². The first-order chi connectivity index (χ1) is 9.78. The topological polar surface area (TPSA) is 85.0 Å². The number of hydrogen-bond acceptors (Lipinski definition) is 5. The van der Waals surface area contributed by atoms with Crippen LogP contribution in [0.15, 0.2) is 36.8 Å². The summed E-state index contributed by atoms with van der Waals surface area (Å²) < 4.78 is 0. The van der Waals surface area contributed by atoms with E-state index in [-0.39, 0.29) is 11.8 Å². The first-order valence-electron chi connectivity index (χ1n) is 6.52. The molecule has 0 aromatic carbocycles. The molecule has 3 heterocycles. The molecule has 2 aromatic rings.